The standard InChI is InChI=1S/C21H21F2N3OS/c1-13-3-4-15(9-14(13)2)10-19(27)25-5-7-26(8-6-25)21-24-20-17(23)11-16(22)12-18(20)28-21/h3-4,9,11-12H,5-8,10H2,1-2H3. The summed E-state index contributed by atoms with van der Waals surface area (Å²) in [6.45, 7) is 6.55. The van der Waals surface area contributed by atoms with Crippen LogP contribution in [-0.2, 0) is 11.2 Å². The minimum Gasteiger partial charge on any atom is -0.345 e. The molecule has 0 N–H and O–H groups in total. The fourth-order valence-corrected chi connectivity index (χ4v) is 4.48. The molecular formula is C21H21F2N3OS. The summed E-state index contributed by atoms with van der Waals surface area (Å²) in [5, 5.41) is 0.667. The van der Waals surface area contributed by atoms with Crippen LogP contribution in [0.1, 0.15) is 16.7 Å². The SMILES string of the molecule is Cc1ccc(CC(=O)N2CCN(c3nc4c(F)cc(F)cc4s3)CC2)cc1C. The molecule has 146 valence electrons. The van der Waals surface area contributed by atoms with Gasteiger partial charge in [0.1, 0.15) is 11.3 Å². The number of aryl methyl sites for hydroxylation is 2. The molecule has 1 amide bonds. The molecule has 4 nitrogen and oxygen atoms in total. The highest BCUT2D eigenvalue weighted by molar-refractivity contribution is 7.22. The number of anilines is 1. The maximum absolute atomic E-state index is 13.9. The Kier molecular flexibility index (Phi) is 5.02. The molecule has 3 aromatic rings. The summed E-state index contributed by atoms with van der Waals surface area (Å²) < 4.78 is 27.8. The number of carbonyl (C=O) groups is 1. The Balaban J connectivity index is 1.41. The zero-order valence-corrected chi connectivity index (χ0v) is 16.7. The van der Waals surface area contributed by atoms with E-state index in [1.165, 1.54) is 28.5 Å². The molecule has 7 heteroatoms. The van der Waals surface area contributed by atoms with E-state index in [0.29, 0.717) is 42.4 Å². The number of aromatic nitrogens is 1. The van der Waals surface area contributed by atoms with Crippen LogP contribution in [0.15, 0.2) is 30.3 Å². The lowest BCUT2D eigenvalue weighted by atomic mass is 10.0. The third-order valence-corrected chi connectivity index (χ3v) is 6.29. The molecule has 0 spiro atoms. The number of hydrogen-bond donors (Lipinski definition) is 0. The summed E-state index contributed by atoms with van der Waals surface area (Å²) in [4.78, 5) is 20.9. The molecular weight excluding hydrogens is 380 g/mol. The molecule has 0 bridgehead atoms. The van der Waals surface area contributed by atoms with Gasteiger partial charge in [0.2, 0.25) is 5.91 Å². The van der Waals surface area contributed by atoms with Crippen LogP contribution in [0, 0.1) is 25.5 Å². The molecule has 1 aliphatic rings. The third-order valence-electron chi connectivity index (χ3n) is 5.23. The minimum atomic E-state index is -0.639. The smallest absolute Gasteiger partial charge is 0.227 e. The Morgan fingerprint density at radius 2 is 1.82 bits per heavy atom. The second-order valence-electron chi connectivity index (χ2n) is 7.19. The van der Waals surface area contributed by atoms with Crippen molar-refractivity contribution in [3.63, 3.8) is 0 Å². The van der Waals surface area contributed by atoms with Gasteiger partial charge in [0.25, 0.3) is 0 Å². The highest BCUT2D eigenvalue weighted by atomic mass is 32.1. The molecule has 0 unspecified atom stereocenters. The van der Waals surface area contributed by atoms with Crippen LogP contribution in [0.4, 0.5) is 13.9 Å². The monoisotopic (exact) mass is 401 g/mol. The van der Waals surface area contributed by atoms with E-state index in [1.54, 1.807) is 0 Å². The number of thiazole rings is 1. The number of amides is 1. The zero-order chi connectivity index (χ0) is 19.8. The van der Waals surface area contributed by atoms with E-state index in [4.69, 9.17) is 0 Å². The Bertz CT molecular complexity index is 1040. The van der Waals surface area contributed by atoms with Gasteiger partial charge >= 0.3 is 0 Å². The molecule has 1 aliphatic heterocycles. The van der Waals surface area contributed by atoms with Crippen molar-refractivity contribution in [1.29, 1.82) is 0 Å². The van der Waals surface area contributed by atoms with Gasteiger partial charge in [-0.3, -0.25) is 4.79 Å². The summed E-state index contributed by atoms with van der Waals surface area (Å²) in [7, 11) is 0. The molecule has 0 saturated carbocycles. The van der Waals surface area contributed by atoms with Crippen LogP contribution in [0.3, 0.4) is 0 Å². The van der Waals surface area contributed by atoms with Gasteiger partial charge in [0.15, 0.2) is 10.9 Å². The highest BCUT2D eigenvalue weighted by Gasteiger charge is 2.24. The first-order chi connectivity index (χ1) is 13.4. The molecule has 0 radical (unpaired) electrons. The van der Waals surface area contributed by atoms with E-state index in [9.17, 15) is 13.6 Å². The summed E-state index contributed by atoms with van der Waals surface area (Å²) >= 11 is 1.28. The Morgan fingerprint density at radius 3 is 2.54 bits per heavy atom. The normalized spacial score (nSPS) is 14.7. The first-order valence-electron chi connectivity index (χ1n) is 9.25. The average molecular weight is 401 g/mol. The number of rotatable bonds is 3. The molecule has 0 atom stereocenters. The fraction of sp³-hybridized carbons (Fsp3) is 0.333. The number of nitrogens with zero attached hydrogens (tertiary/aromatic N) is 3. The minimum absolute atomic E-state index is 0.111. The topological polar surface area (TPSA) is 36.4 Å². The van der Waals surface area contributed by atoms with Crippen molar-refractivity contribution >= 4 is 32.6 Å². The molecule has 1 saturated heterocycles. The Labute approximate surface area is 166 Å². The predicted molar refractivity (Wildman–Crippen MR) is 108 cm³/mol. The second kappa shape index (κ2) is 7.47. The second-order valence-corrected chi connectivity index (χ2v) is 8.20. The molecule has 2 aromatic carbocycles. The highest BCUT2D eigenvalue weighted by Crippen LogP contribution is 2.31. The van der Waals surface area contributed by atoms with E-state index in [2.05, 4.69) is 24.9 Å². The number of benzene rings is 2. The van der Waals surface area contributed by atoms with Crippen LogP contribution in [0.2, 0.25) is 0 Å². The number of hydrogen-bond acceptors (Lipinski definition) is 4. The van der Waals surface area contributed by atoms with E-state index in [-0.39, 0.29) is 11.4 Å². The summed E-state index contributed by atoms with van der Waals surface area (Å²) in [5.41, 5.74) is 3.64. The van der Waals surface area contributed by atoms with Crippen LogP contribution in [0.5, 0.6) is 0 Å². The Hall–Kier alpha value is -2.54. The van der Waals surface area contributed by atoms with Gasteiger partial charge < -0.3 is 9.80 Å². The summed E-state index contributed by atoms with van der Waals surface area (Å²) in [5.74, 6) is -1.12. The zero-order valence-electron chi connectivity index (χ0n) is 15.8. The average Bonchev–Trinajstić information content (AvgIpc) is 3.09. The quantitative estimate of drug-likeness (QED) is 0.664. The molecule has 1 fully saturated rings. The van der Waals surface area contributed by atoms with Crippen molar-refractivity contribution in [3.8, 4) is 0 Å². The summed E-state index contributed by atoms with van der Waals surface area (Å²) in [6, 6.07) is 8.28. The van der Waals surface area contributed by atoms with Crippen molar-refractivity contribution in [1.82, 2.24) is 9.88 Å². The lowest BCUT2D eigenvalue weighted by molar-refractivity contribution is -0.130. The van der Waals surface area contributed by atoms with Gasteiger partial charge in [-0.25, -0.2) is 13.8 Å². The van der Waals surface area contributed by atoms with E-state index >= 15 is 0 Å². The largest absolute Gasteiger partial charge is 0.345 e. The van der Waals surface area contributed by atoms with Gasteiger partial charge in [-0.05, 0) is 36.6 Å². The van der Waals surface area contributed by atoms with Gasteiger partial charge in [-0.1, -0.05) is 29.5 Å². The molecule has 2 heterocycles. The van der Waals surface area contributed by atoms with Crippen molar-refractivity contribution < 1.29 is 13.6 Å². The van der Waals surface area contributed by atoms with Crippen molar-refractivity contribution in [2.45, 2.75) is 20.3 Å². The number of piperazine rings is 1. The fourth-order valence-electron chi connectivity index (χ4n) is 3.43. The number of halogens is 2. The molecule has 0 aliphatic carbocycles. The molecule has 1 aromatic heterocycles. The first-order valence-corrected chi connectivity index (χ1v) is 10.1. The van der Waals surface area contributed by atoms with Crippen molar-refractivity contribution in [2.75, 3.05) is 31.1 Å². The van der Waals surface area contributed by atoms with Crippen LogP contribution in [0.25, 0.3) is 10.2 Å². The molecule has 28 heavy (non-hydrogen) atoms. The maximum Gasteiger partial charge on any atom is 0.227 e. The maximum atomic E-state index is 13.9. The van der Waals surface area contributed by atoms with Gasteiger partial charge in [0.05, 0.1) is 11.1 Å². The lowest BCUT2D eigenvalue weighted by Crippen LogP contribution is -2.49. The summed E-state index contributed by atoms with van der Waals surface area (Å²) in [6.07, 6.45) is 0.396. The van der Waals surface area contributed by atoms with Gasteiger partial charge in [-0.15, -0.1) is 0 Å². The van der Waals surface area contributed by atoms with Crippen LogP contribution in [-0.4, -0.2) is 42.0 Å². The number of fused-ring (bicyclic) bond motifs is 1. The van der Waals surface area contributed by atoms with E-state index < -0.39 is 11.6 Å². The lowest BCUT2D eigenvalue weighted by Gasteiger charge is -2.34. The van der Waals surface area contributed by atoms with E-state index in [1.807, 2.05) is 21.9 Å². The Morgan fingerprint density at radius 1 is 1.07 bits per heavy atom. The predicted octanol–water partition coefficient (Wildman–Crippen LogP) is 4.08. The van der Waals surface area contributed by atoms with Crippen LogP contribution >= 0.6 is 11.3 Å². The van der Waals surface area contributed by atoms with Gasteiger partial charge in [-0.2, -0.15) is 0 Å². The van der Waals surface area contributed by atoms with E-state index in [0.717, 1.165) is 11.6 Å². The number of carbonyl (C=O) groups excluding carboxylic acids is 1. The molecule has 4 rings (SSSR count). The van der Waals surface area contributed by atoms with Gasteiger partial charge in [0, 0.05) is 32.2 Å². The van der Waals surface area contributed by atoms with Crippen molar-refractivity contribution in [3.05, 3.63) is 58.7 Å². The first kappa shape index (κ1) is 18.8. The third kappa shape index (κ3) is 3.71. The van der Waals surface area contributed by atoms with Crippen molar-refractivity contribution in [2.24, 2.45) is 0 Å². The van der Waals surface area contributed by atoms with Crippen LogP contribution < -0.4 is 4.90 Å².